The summed E-state index contributed by atoms with van der Waals surface area (Å²) in [6, 6.07) is 8.53. The first-order valence-corrected chi connectivity index (χ1v) is 7.91. The van der Waals surface area contributed by atoms with Crippen molar-refractivity contribution < 1.29 is 9.59 Å². The van der Waals surface area contributed by atoms with Gasteiger partial charge in [-0.25, -0.2) is 4.98 Å². The fraction of sp³-hybridized carbons (Fsp3) is 0.125. The Balaban J connectivity index is 1.82. The molecule has 7 nitrogen and oxygen atoms in total. The van der Waals surface area contributed by atoms with Crippen molar-refractivity contribution in [1.82, 2.24) is 20.4 Å². The van der Waals surface area contributed by atoms with Crippen LogP contribution in [-0.4, -0.2) is 21.4 Å². The maximum Gasteiger partial charge on any atom is 0.280 e. The van der Waals surface area contributed by atoms with Gasteiger partial charge in [-0.2, -0.15) is 0 Å². The Bertz CT molecular complexity index is 992. The Morgan fingerprint density at radius 3 is 2.50 bits per heavy atom. The van der Waals surface area contributed by atoms with Gasteiger partial charge in [0.05, 0.1) is 16.6 Å². The number of carbonyl (C=O) groups is 2. The van der Waals surface area contributed by atoms with E-state index < -0.39 is 11.8 Å². The molecular formula is C16H14N4O3S. The number of fused-ring (bicyclic) bond motifs is 1. The fourth-order valence-electron chi connectivity index (χ4n) is 2.26. The first-order valence-electron chi connectivity index (χ1n) is 7.09. The van der Waals surface area contributed by atoms with E-state index in [1.807, 2.05) is 0 Å². The Kier molecular flexibility index (Phi) is 4.13. The van der Waals surface area contributed by atoms with Crippen LogP contribution in [0.2, 0.25) is 0 Å². The summed E-state index contributed by atoms with van der Waals surface area (Å²) in [5.74, 6) is -0.904. The highest BCUT2D eigenvalue weighted by molar-refractivity contribution is 7.20. The van der Waals surface area contributed by atoms with Crippen LogP contribution in [0.1, 0.15) is 25.6 Å². The molecule has 0 fully saturated rings. The quantitative estimate of drug-likeness (QED) is 0.688. The molecule has 0 aliphatic carbocycles. The summed E-state index contributed by atoms with van der Waals surface area (Å²) in [6.45, 7) is 1.69. The summed E-state index contributed by atoms with van der Waals surface area (Å²) in [5, 5.41) is 0.421. The van der Waals surface area contributed by atoms with Crippen molar-refractivity contribution in [2.45, 2.75) is 6.92 Å². The van der Waals surface area contributed by atoms with Crippen molar-refractivity contribution in [3.63, 3.8) is 0 Å². The topological polar surface area (TPSA) is 93.1 Å². The summed E-state index contributed by atoms with van der Waals surface area (Å²) < 4.78 is 1.36. The lowest BCUT2D eigenvalue weighted by Gasteiger charge is -2.06. The lowest BCUT2D eigenvalue weighted by atomic mass is 10.2. The van der Waals surface area contributed by atoms with Crippen molar-refractivity contribution in [2.24, 2.45) is 7.05 Å². The maximum atomic E-state index is 12.3. The van der Waals surface area contributed by atoms with Crippen LogP contribution in [0, 0.1) is 6.92 Å². The molecule has 122 valence electrons. The number of benzene rings is 1. The zero-order valence-electron chi connectivity index (χ0n) is 13.0. The van der Waals surface area contributed by atoms with E-state index in [1.165, 1.54) is 10.9 Å². The second kappa shape index (κ2) is 6.25. The summed E-state index contributed by atoms with van der Waals surface area (Å²) >= 11 is 1.11. The molecule has 0 bridgehead atoms. The number of aromatic nitrogens is 2. The Morgan fingerprint density at radius 2 is 1.79 bits per heavy atom. The number of thiophene rings is 1. The average Bonchev–Trinajstić information content (AvgIpc) is 2.94. The number of nitrogens with zero attached hydrogens (tertiary/aromatic N) is 2. The Labute approximate surface area is 140 Å². The third-order valence-electron chi connectivity index (χ3n) is 3.54. The molecule has 0 radical (unpaired) electrons. The summed E-state index contributed by atoms with van der Waals surface area (Å²) in [5.41, 5.74) is 5.50. The van der Waals surface area contributed by atoms with Crippen LogP contribution in [0.3, 0.4) is 0 Å². The smallest absolute Gasteiger partial charge is 0.280 e. The first kappa shape index (κ1) is 15.9. The summed E-state index contributed by atoms with van der Waals surface area (Å²) in [7, 11) is 1.60. The van der Waals surface area contributed by atoms with E-state index >= 15 is 0 Å². The predicted octanol–water partition coefficient (Wildman–Crippen LogP) is 1.38. The number of carbonyl (C=O) groups excluding carboxylic acids is 2. The lowest BCUT2D eigenvalue weighted by molar-refractivity contribution is 0.0848. The van der Waals surface area contributed by atoms with Crippen LogP contribution in [0.25, 0.3) is 10.2 Å². The minimum absolute atomic E-state index is 0.207. The number of aryl methyl sites for hydroxylation is 2. The molecule has 8 heteroatoms. The van der Waals surface area contributed by atoms with Gasteiger partial charge >= 0.3 is 0 Å². The van der Waals surface area contributed by atoms with Crippen LogP contribution in [0.15, 0.2) is 41.5 Å². The molecule has 3 aromatic rings. The number of nitrogens with one attached hydrogen (secondary N) is 2. The molecule has 2 N–H and O–H groups in total. The maximum absolute atomic E-state index is 12.3. The third-order valence-corrected chi connectivity index (χ3v) is 4.74. The van der Waals surface area contributed by atoms with E-state index in [1.54, 1.807) is 44.3 Å². The van der Waals surface area contributed by atoms with Crippen molar-refractivity contribution in [3.8, 4) is 0 Å². The Morgan fingerprint density at radius 1 is 1.12 bits per heavy atom. The standard InChI is InChI=1S/C16H14N4O3S/c1-9-11-15(17-8-20(2)16(11)23)24-12(9)14(22)19-18-13(21)10-6-4-3-5-7-10/h3-8H,1-2H3,(H,18,21)(H,19,22). The minimum atomic E-state index is -0.484. The molecule has 2 heterocycles. The minimum Gasteiger partial charge on any atom is -0.302 e. The van der Waals surface area contributed by atoms with Crippen LogP contribution >= 0.6 is 11.3 Å². The normalized spacial score (nSPS) is 10.6. The second-order valence-corrected chi connectivity index (χ2v) is 6.17. The van der Waals surface area contributed by atoms with Crippen molar-refractivity contribution in [2.75, 3.05) is 0 Å². The molecule has 3 rings (SSSR count). The van der Waals surface area contributed by atoms with Gasteiger partial charge in [0.15, 0.2) is 0 Å². The third kappa shape index (κ3) is 2.79. The number of rotatable bonds is 2. The molecule has 2 amide bonds. The summed E-state index contributed by atoms with van der Waals surface area (Å²) in [4.78, 5) is 41.4. The molecule has 2 aromatic heterocycles. The second-order valence-electron chi connectivity index (χ2n) is 5.17. The highest BCUT2D eigenvalue weighted by Crippen LogP contribution is 2.26. The van der Waals surface area contributed by atoms with Crippen molar-refractivity contribution >= 4 is 33.4 Å². The zero-order chi connectivity index (χ0) is 17.3. The number of hydrogen-bond donors (Lipinski definition) is 2. The van der Waals surface area contributed by atoms with Crippen LogP contribution in [0.4, 0.5) is 0 Å². The largest absolute Gasteiger partial charge is 0.302 e. The monoisotopic (exact) mass is 342 g/mol. The molecule has 0 aliphatic rings. The van der Waals surface area contributed by atoms with Gasteiger partial charge in [-0.15, -0.1) is 11.3 Å². The highest BCUT2D eigenvalue weighted by atomic mass is 32.1. The van der Waals surface area contributed by atoms with Gasteiger partial charge in [-0.1, -0.05) is 18.2 Å². The van der Waals surface area contributed by atoms with E-state index in [-0.39, 0.29) is 5.56 Å². The molecule has 0 spiro atoms. The van der Waals surface area contributed by atoms with E-state index in [9.17, 15) is 14.4 Å². The SMILES string of the molecule is Cc1c(C(=O)NNC(=O)c2ccccc2)sc2ncn(C)c(=O)c12. The summed E-state index contributed by atoms with van der Waals surface area (Å²) in [6.07, 6.45) is 1.42. The average molecular weight is 342 g/mol. The number of hydrogen-bond acceptors (Lipinski definition) is 5. The lowest BCUT2D eigenvalue weighted by Crippen LogP contribution is -2.41. The Hall–Kier alpha value is -3.00. The van der Waals surface area contributed by atoms with E-state index in [4.69, 9.17) is 0 Å². The van der Waals surface area contributed by atoms with E-state index in [2.05, 4.69) is 15.8 Å². The van der Waals surface area contributed by atoms with Gasteiger partial charge in [0.2, 0.25) is 0 Å². The van der Waals surface area contributed by atoms with E-state index in [0.717, 1.165) is 11.3 Å². The molecule has 24 heavy (non-hydrogen) atoms. The number of hydrazine groups is 1. The molecule has 0 aliphatic heterocycles. The van der Waals surface area contributed by atoms with Gasteiger partial charge in [0.1, 0.15) is 4.83 Å². The van der Waals surface area contributed by atoms with Gasteiger partial charge in [0, 0.05) is 12.6 Å². The molecule has 0 atom stereocenters. The van der Waals surface area contributed by atoms with Crippen LogP contribution in [0.5, 0.6) is 0 Å². The number of amides is 2. The van der Waals surface area contributed by atoms with Gasteiger partial charge in [-0.05, 0) is 24.6 Å². The molecule has 0 saturated heterocycles. The molecule has 0 saturated carbocycles. The predicted molar refractivity (Wildman–Crippen MR) is 91.0 cm³/mol. The van der Waals surface area contributed by atoms with Gasteiger partial charge in [-0.3, -0.25) is 25.2 Å². The van der Waals surface area contributed by atoms with Crippen molar-refractivity contribution in [3.05, 3.63) is 63.0 Å². The van der Waals surface area contributed by atoms with Crippen LogP contribution < -0.4 is 16.4 Å². The zero-order valence-corrected chi connectivity index (χ0v) is 13.8. The molecule has 0 unspecified atom stereocenters. The van der Waals surface area contributed by atoms with E-state index in [0.29, 0.717) is 26.2 Å². The molecule has 1 aromatic carbocycles. The first-order chi connectivity index (χ1) is 11.5. The fourth-order valence-corrected chi connectivity index (χ4v) is 3.29. The van der Waals surface area contributed by atoms with Gasteiger partial charge in [0.25, 0.3) is 17.4 Å². The molecular weight excluding hydrogens is 328 g/mol. The van der Waals surface area contributed by atoms with Crippen LogP contribution in [-0.2, 0) is 7.05 Å². The van der Waals surface area contributed by atoms with Gasteiger partial charge < -0.3 is 4.57 Å². The highest BCUT2D eigenvalue weighted by Gasteiger charge is 2.19. The van der Waals surface area contributed by atoms with Crippen molar-refractivity contribution in [1.29, 1.82) is 0 Å².